The molecule has 0 saturated heterocycles. The maximum Gasteiger partial charge on any atom is 0.416 e. The highest BCUT2D eigenvalue weighted by Crippen LogP contribution is 2.37. The molecule has 232 valence electrons. The van der Waals surface area contributed by atoms with Gasteiger partial charge >= 0.3 is 6.18 Å². The number of carbonyl (C=O) groups is 2. The Morgan fingerprint density at radius 2 is 1.60 bits per heavy atom. The van der Waals surface area contributed by atoms with Crippen molar-refractivity contribution in [3.05, 3.63) is 92.9 Å². The number of sulfonamides is 1. The molecule has 7 nitrogen and oxygen atoms in total. The second-order valence-corrected chi connectivity index (χ2v) is 12.6. The number of nitrogens with zero attached hydrogens (tertiary/aromatic N) is 2. The van der Waals surface area contributed by atoms with E-state index in [1.807, 2.05) is 6.92 Å². The van der Waals surface area contributed by atoms with Crippen LogP contribution in [0, 0.1) is 0 Å². The lowest BCUT2D eigenvalue weighted by Gasteiger charge is -2.33. The second-order valence-electron chi connectivity index (χ2n) is 9.46. The summed E-state index contributed by atoms with van der Waals surface area (Å²) in [6, 6.07) is 12.6. The number of amides is 2. The molecule has 3 aromatic rings. The molecule has 0 heterocycles. The summed E-state index contributed by atoms with van der Waals surface area (Å²) in [5.74, 6) is -1.37. The van der Waals surface area contributed by atoms with E-state index >= 15 is 0 Å². The minimum absolute atomic E-state index is 0.141. The van der Waals surface area contributed by atoms with Gasteiger partial charge in [0, 0.05) is 23.1 Å². The number of anilines is 1. The van der Waals surface area contributed by atoms with Crippen molar-refractivity contribution in [2.75, 3.05) is 17.4 Å². The fourth-order valence-corrected chi connectivity index (χ4v) is 6.42. The molecule has 1 N–H and O–H groups in total. The van der Waals surface area contributed by atoms with Crippen LogP contribution in [0.25, 0.3) is 0 Å². The van der Waals surface area contributed by atoms with Crippen LogP contribution < -0.4 is 9.62 Å². The monoisotopic (exact) mass is 677 g/mol. The molecule has 43 heavy (non-hydrogen) atoms. The van der Waals surface area contributed by atoms with Gasteiger partial charge in [-0.2, -0.15) is 13.2 Å². The van der Waals surface area contributed by atoms with Crippen molar-refractivity contribution in [2.24, 2.45) is 0 Å². The molecular weight excluding hydrogens is 650 g/mol. The molecule has 0 radical (unpaired) electrons. The third-order valence-electron chi connectivity index (χ3n) is 6.44. The first kappa shape index (κ1) is 34.5. The molecule has 0 aromatic heterocycles. The van der Waals surface area contributed by atoms with Crippen LogP contribution in [0.3, 0.4) is 0 Å². The summed E-state index contributed by atoms with van der Waals surface area (Å²) in [5.41, 5.74) is -1.31. The van der Waals surface area contributed by atoms with E-state index in [1.54, 1.807) is 19.1 Å². The van der Waals surface area contributed by atoms with E-state index in [-0.39, 0.29) is 27.9 Å². The largest absolute Gasteiger partial charge is 0.416 e. The number of alkyl halides is 3. The predicted octanol–water partition coefficient (Wildman–Crippen LogP) is 7.19. The van der Waals surface area contributed by atoms with Gasteiger partial charge in [-0.3, -0.25) is 13.9 Å². The molecule has 1 atom stereocenters. The zero-order valence-electron chi connectivity index (χ0n) is 23.2. The zero-order valence-corrected chi connectivity index (χ0v) is 26.3. The first-order valence-corrected chi connectivity index (χ1v) is 15.7. The summed E-state index contributed by atoms with van der Waals surface area (Å²) in [7, 11) is -4.63. The number of halogens is 6. The van der Waals surface area contributed by atoms with Crippen molar-refractivity contribution < 1.29 is 31.2 Å². The van der Waals surface area contributed by atoms with Crippen molar-refractivity contribution in [3.63, 3.8) is 0 Å². The molecular formula is C29H29Cl3F3N3O4S. The van der Waals surface area contributed by atoms with Crippen LogP contribution in [-0.2, 0) is 32.3 Å². The smallest absolute Gasteiger partial charge is 0.354 e. The van der Waals surface area contributed by atoms with Gasteiger partial charge in [0.05, 0.1) is 21.2 Å². The molecule has 0 spiro atoms. The number of nitrogens with one attached hydrogen (secondary N) is 1. The minimum Gasteiger partial charge on any atom is -0.354 e. The molecule has 0 saturated carbocycles. The maximum atomic E-state index is 14.1. The quantitative estimate of drug-likeness (QED) is 0.220. The van der Waals surface area contributed by atoms with Crippen molar-refractivity contribution in [1.82, 2.24) is 10.2 Å². The molecule has 3 aromatic carbocycles. The van der Waals surface area contributed by atoms with Crippen LogP contribution in [0.1, 0.15) is 37.8 Å². The van der Waals surface area contributed by atoms with E-state index in [0.29, 0.717) is 40.0 Å². The van der Waals surface area contributed by atoms with Crippen LogP contribution in [0.4, 0.5) is 18.9 Å². The summed E-state index contributed by atoms with van der Waals surface area (Å²) >= 11 is 18.7. The van der Waals surface area contributed by atoms with Crippen molar-refractivity contribution >= 4 is 62.3 Å². The third kappa shape index (κ3) is 8.56. The first-order chi connectivity index (χ1) is 20.2. The van der Waals surface area contributed by atoms with E-state index < -0.39 is 51.9 Å². The van der Waals surface area contributed by atoms with Gasteiger partial charge in [-0.1, -0.05) is 72.9 Å². The molecule has 0 aliphatic carbocycles. The molecule has 0 fully saturated rings. The van der Waals surface area contributed by atoms with Gasteiger partial charge < -0.3 is 10.2 Å². The van der Waals surface area contributed by atoms with Gasteiger partial charge in [-0.15, -0.1) is 0 Å². The van der Waals surface area contributed by atoms with Gasteiger partial charge in [0.2, 0.25) is 11.8 Å². The van der Waals surface area contributed by atoms with Gasteiger partial charge in [0.15, 0.2) is 0 Å². The lowest BCUT2D eigenvalue weighted by molar-refractivity contribution is -0.140. The van der Waals surface area contributed by atoms with Crippen LogP contribution in [-0.4, -0.2) is 44.3 Å². The Morgan fingerprint density at radius 1 is 0.930 bits per heavy atom. The molecule has 0 aliphatic heterocycles. The van der Waals surface area contributed by atoms with E-state index in [4.69, 9.17) is 34.8 Å². The van der Waals surface area contributed by atoms with Crippen molar-refractivity contribution in [2.45, 2.75) is 50.3 Å². The fourth-order valence-electron chi connectivity index (χ4n) is 4.23. The van der Waals surface area contributed by atoms with Gasteiger partial charge in [0.1, 0.15) is 12.6 Å². The SMILES string of the molecule is CCCNC(=O)[C@H](CC)N(Cc1ccc(Cl)cc1Cl)C(=O)CN(c1cc(C(F)(F)F)ccc1Cl)S(=O)(=O)c1ccccc1. The zero-order chi connectivity index (χ0) is 31.9. The van der Waals surface area contributed by atoms with Crippen LogP contribution in [0.2, 0.25) is 15.1 Å². The third-order valence-corrected chi connectivity index (χ3v) is 9.12. The minimum atomic E-state index is -4.83. The van der Waals surface area contributed by atoms with Crippen LogP contribution in [0.15, 0.2) is 71.6 Å². The summed E-state index contributed by atoms with van der Waals surface area (Å²) in [5, 5.41) is 2.93. The number of benzene rings is 3. The second kappa shape index (κ2) is 14.7. The normalized spacial score (nSPS) is 12.5. The number of hydrogen-bond acceptors (Lipinski definition) is 4. The Balaban J connectivity index is 2.16. The number of rotatable bonds is 12. The van der Waals surface area contributed by atoms with Crippen molar-refractivity contribution in [1.29, 1.82) is 0 Å². The van der Waals surface area contributed by atoms with E-state index in [0.717, 1.165) is 11.0 Å². The summed E-state index contributed by atoms with van der Waals surface area (Å²) in [6.07, 6.45) is -4.06. The van der Waals surface area contributed by atoms with E-state index in [9.17, 15) is 31.2 Å². The molecule has 0 unspecified atom stereocenters. The Labute approximate surface area is 263 Å². The summed E-state index contributed by atoms with van der Waals surface area (Å²) in [4.78, 5) is 28.1. The standard InChI is InChI=1S/C29H29Cl3F3N3O4S/c1-3-14-36-28(40)25(4-2)37(17-19-10-12-21(30)16-24(19)32)27(39)18-38(43(41,42)22-8-6-5-7-9-22)26-15-20(29(33,34)35)11-13-23(26)31/h5-13,15-16,25H,3-4,14,17-18H2,1-2H3,(H,36,40)/t25-/m0/s1. The average molecular weight is 679 g/mol. The average Bonchev–Trinajstić information content (AvgIpc) is 2.95. The highest BCUT2D eigenvalue weighted by atomic mass is 35.5. The summed E-state index contributed by atoms with van der Waals surface area (Å²) < 4.78 is 69.3. The molecule has 14 heteroatoms. The van der Waals surface area contributed by atoms with Gasteiger partial charge in [-0.25, -0.2) is 8.42 Å². The van der Waals surface area contributed by atoms with Crippen LogP contribution in [0.5, 0.6) is 0 Å². The molecule has 3 rings (SSSR count). The van der Waals surface area contributed by atoms with Gasteiger partial charge in [0.25, 0.3) is 10.0 Å². The van der Waals surface area contributed by atoms with Crippen molar-refractivity contribution in [3.8, 4) is 0 Å². The first-order valence-electron chi connectivity index (χ1n) is 13.2. The highest BCUT2D eigenvalue weighted by Gasteiger charge is 2.37. The van der Waals surface area contributed by atoms with E-state index in [2.05, 4.69) is 5.32 Å². The molecule has 0 aliphatic rings. The Kier molecular flexibility index (Phi) is 11.8. The number of hydrogen-bond donors (Lipinski definition) is 1. The highest BCUT2D eigenvalue weighted by molar-refractivity contribution is 7.92. The number of carbonyl (C=O) groups excluding carboxylic acids is 2. The van der Waals surface area contributed by atoms with Crippen LogP contribution >= 0.6 is 34.8 Å². The molecule has 2 amide bonds. The maximum absolute atomic E-state index is 14.1. The Bertz CT molecular complexity index is 1560. The topological polar surface area (TPSA) is 86.8 Å². The Morgan fingerprint density at radius 3 is 2.19 bits per heavy atom. The van der Waals surface area contributed by atoms with Gasteiger partial charge in [-0.05, 0) is 60.9 Å². The fraction of sp³-hybridized carbons (Fsp3) is 0.310. The predicted molar refractivity (Wildman–Crippen MR) is 162 cm³/mol. The lowest BCUT2D eigenvalue weighted by atomic mass is 10.1. The summed E-state index contributed by atoms with van der Waals surface area (Å²) in [6.45, 7) is 2.65. The molecule has 0 bridgehead atoms. The Hall–Kier alpha value is -2.99. The lowest BCUT2D eigenvalue weighted by Crippen LogP contribution is -2.52. The van der Waals surface area contributed by atoms with E-state index in [1.165, 1.54) is 36.4 Å².